The van der Waals surface area contributed by atoms with Gasteiger partial charge in [0.15, 0.2) is 0 Å². The first kappa shape index (κ1) is 34.4. The van der Waals surface area contributed by atoms with Gasteiger partial charge in [-0.25, -0.2) is 8.42 Å². The predicted octanol–water partition coefficient (Wildman–Crippen LogP) is 6.87. The number of nitrogens with one attached hydrogen (secondary N) is 1. The van der Waals surface area contributed by atoms with Crippen LogP contribution in [0.2, 0.25) is 0 Å². The Balaban J connectivity index is 1.81. The van der Waals surface area contributed by atoms with Crippen LogP contribution in [0.25, 0.3) is 0 Å². The molecule has 0 aromatic heterocycles. The van der Waals surface area contributed by atoms with E-state index in [4.69, 9.17) is 0 Å². The van der Waals surface area contributed by atoms with Gasteiger partial charge in [-0.05, 0) is 67.1 Å². The molecule has 0 aliphatic rings. The Morgan fingerprint density at radius 3 is 1.98 bits per heavy atom. The third-order valence-corrected chi connectivity index (χ3v) is 9.95. The molecule has 1 N–H and O–H groups in total. The molecule has 0 aliphatic carbocycles. The van der Waals surface area contributed by atoms with Gasteiger partial charge in [-0.2, -0.15) is 0 Å². The van der Waals surface area contributed by atoms with Crippen LogP contribution < -0.4 is 9.62 Å². The number of benzene rings is 4. The fourth-order valence-electron chi connectivity index (χ4n) is 5.28. The first-order valence-electron chi connectivity index (χ1n) is 15.9. The number of sulfonamides is 1. The molecule has 4 aromatic rings. The highest BCUT2D eigenvalue weighted by molar-refractivity contribution is 7.92. The molecule has 0 bridgehead atoms. The molecule has 7 nitrogen and oxygen atoms in total. The average Bonchev–Trinajstić information content (AvgIpc) is 3.05. The van der Waals surface area contributed by atoms with E-state index in [9.17, 15) is 18.0 Å². The largest absolute Gasteiger partial charge is 0.352 e. The van der Waals surface area contributed by atoms with Crippen molar-refractivity contribution in [2.24, 2.45) is 0 Å². The summed E-state index contributed by atoms with van der Waals surface area (Å²) in [6.07, 6.45) is 1.00. The summed E-state index contributed by atoms with van der Waals surface area (Å²) in [4.78, 5) is 30.2. The Morgan fingerprint density at radius 1 is 0.783 bits per heavy atom. The summed E-state index contributed by atoms with van der Waals surface area (Å²) in [6.45, 7) is 9.68. The molecular formula is C38H45N3O4S. The third-order valence-electron chi connectivity index (χ3n) is 8.17. The number of amides is 2. The minimum absolute atomic E-state index is 0.0799. The number of rotatable bonds is 14. The number of anilines is 1. The fraction of sp³-hybridized carbons (Fsp3) is 0.316. The van der Waals surface area contributed by atoms with Crippen molar-refractivity contribution in [1.82, 2.24) is 10.2 Å². The van der Waals surface area contributed by atoms with E-state index in [1.165, 1.54) is 17.0 Å². The van der Waals surface area contributed by atoms with Gasteiger partial charge in [0.25, 0.3) is 10.0 Å². The second-order valence-electron chi connectivity index (χ2n) is 12.1. The molecule has 0 aliphatic heterocycles. The van der Waals surface area contributed by atoms with E-state index in [0.717, 1.165) is 33.0 Å². The lowest BCUT2D eigenvalue weighted by atomic mass is 10.0. The van der Waals surface area contributed by atoms with E-state index in [1.54, 1.807) is 30.3 Å². The molecular weight excluding hydrogens is 595 g/mol. The number of hydrogen-bond donors (Lipinski definition) is 1. The lowest BCUT2D eigenvalue weighted by molar-refractivity contribution is -0.140. The smallest absolute Gasteiger partial charge is 0.264 e. The zero-order valence-electron chi connectivity index (χ0n) is 27.4. The molecule has 0 fully saturated rings. The molecule has 0 radical (unpaired) electrons. The Kier molecular flexibility index (Phi) is 11.8. The maximum Gasteiger partial charge on any atom is 0.264 e. The quantitative estimate of drug-likeness (QED) is 0.163. The van der Waals surface area contributed by atoms with Gasteiger partial charge in [0.2, 0.25) is 11.8 Å². The van der Waals surface area contributed by atoms with Crippen molar-refractivity contribution in [1.29, 1.82) is 0 Å². The second-order valence-corrected chi connectivity index (χ2v) is 14.0. The number of carbonyl (C=O) groups is 2. The molecule has 0 unspecified atom stereocenters. The number of aryl methyl sites for hydroxylation is 1. The van der Waals surface area contributed by atoms with Gasteiger partial charge >= 0.3 is 0 Å². The summed E-state index contributed by atoms with van der Waals surface area (Å²) in [5.41, 5.74) is 4.19. The van der Waals surface area contributed by atoms with Crippen LogP contribution in [0.4, 0.5) is 5.69 Å². The number of hydrogen-bond acceptors (Lipinski definition) is 4. The topological polar surface area (TPSA) is 86.8 Å². The van der Waals surface area contributed by atoms with Crippen molar-refractivity contribution in [3.63, 3.8) is 0 Å². The third kappa shape index (κ3) is 8.85. The van der Waals surface area contributed by atoms with Crippen LogP contribution in [-0.2, 0) is 32.6 Å². The van der Waals surface area contributed by atoms with Gasteiger partial charge in [0, 0.05) is 19.0 Å². The highest BCUT2D eigenvalue weighted by Gasteiger charge is 2.35. The maximum atomic E-state index is 14.6. The Bertz CT molecular complexity index is 1690. The molecule has 0 saturated heterocycles. The zero-order valence-corrected chi connectivity index (χ0v) is 28.2. The Hall–Kier alpha value is -4.43. The molecule has 2 amide bonds. The van der Waals surface area contributed by atoms with Crippen LogP contribution >= 0.6 is 0 Å². The standard InChI is InChI=1S/C38H45N3O4S/c1-6-30(5)39-38(43)36(25-31-15-9-7-10-16-31)40(26-32-17-13-14-29(4)24-32)37(42)27-41(34-22-20-33(21-23-34)28(2)3)46(44,45)35-18-11-8-12-19-35/h7-24,28,30,36H,6,25-27H2,1-5H3,(H,39,43)/t30-,36+/m1/s1. The summed E-state index contributed by atoms with van der Waals surface area (Å²) in [5.74, 6) is -0.505. The van der Waals surface area contributed by atoms with Gasteiger partial charge in [-0.3, -0.25) is 13.9 Å². The van der Waals surface area contributed by atoms with E-state index < -0.39 is 28.5 Å². The van der Waals surface area contributed by atoms with Crippen molar-refractivity contribution < 1.29 is 18.0 Å². The molecule has 2 atom stereocenters. The zero-order chi connectivity index (χ0) is 33.3. The van der Waals surface area contributed by atoms with Gasteiger partial charge in [-0.15, -0.1) is 0 Å². The van der Waals surface area contributed by atoms with Crippen LogP contribution in [0.5, 0.6) is 0 Å². The van der Waals surface area contributed by atoms with E-state index >= 15 is 0 Å². The molecule has 0 saturated carbocycles. The van der Waals surface area contributed by atoms with Crippen LogP contribution in [0, 0.1) is 6.92 Å². The predicted molar refractivity (Wildman–Crippen MR) is 185 cm³/mol. The van der Waals surface area contributed by atoms with Gasteiger partial charge < -0.3 is 10.2 Å². The van der Waals surface area contributed by atoms with E-state index in [1.807, 2.05) is 87.5 Å². The Labute approximate surface area is 274 Å². The summed E-state index contributed by atoms with van der Waals surface area (Å²) in [7, 11) is -4.14. The summed E-state index contributed by atoms with van der Waals surface area (Å²) in [5, 5.41) is 3.08. The van der Waals surface area contributed by atoms with Crippen LogP contribution in [0.1, 0.15) is 62.3 Å². The SMILES string of the molecule is CC[C@@H](C)NC(=O)[C@H](Cc1ccccc1)N(Cc1cccc(C)c1)C(=O)CN(c1ccc(C(C)C)cc1)S(=O)(=O)c1ccccc1. The highest BCUT2D eigenvalue weighted by atomic mass is 32.2. The normalized spacial score (nSPS) is 12.7. The van der Waals surface area contributed by atoms with E-state index in [-0.39, 0.29) is 35.7 Å². The van der Waals surface area contributed by atoms with Crippen molar-refractivity contribution in [2.75, 3.05) is 10.8 Å². The molecule has 46 heavy (non-hydrogen) atoms. The molecule has 4 aromatic carbocycles. The number of nitrogens with zero attached hydrogens (tertiary/aromatic N) is 2. The summed E-state index contributed by atoms with van der Waals surface area (Å²) >= 11 is 0. The minimum Gasteiger partial charge on any atom is -0.352 e. The molecule has 4 rings (SSSR count). The van der Waals surface area contributed by atoms with E-state index in [2.05, 4.69) is 19.2 Å². The molecule has 0 heterocycles. The van der Waals surface area contributed by atoms with Crippen molar-refractivity contribution in [3.8, 4) is 0 Å². The first-order valence-corrected chi connectivity index (χ1v) is 17.3. The number of carbonyl (C=O) groups excluding carboxylic acids is 2. The van der Waals surface area contributed by atoms with Gasteiger partial charge in [0.1, 0.15) is 12.6 Å². The first-order chi connectivity index (χ1) is 22.0. The highest BCUT2D eigenvalue weighted by Crippen LogP contribution is 2.27. The molecule has 242 valence electrons. The van der Waals surface area contributed by atoms with Gasteiger partial charge in [0.05, 0.1) is 10.6 Å². The average molecular weight is 640 g/mol. The van der Waals surface area contributed by atoms with Gasteiger partial charge in [-0.1, -0.05) is 111 Å². The summed E-state index contributed by atoms with van der Waals surface area (Å²) < 4.78 is 29.5. The van der Waals surface area contributed by atoms with Crippen LogP contribution in [-0.4, -0.2) is 43.8 Å². The molecule has 0 spiro atoms. The summed E-state index contributed by atoms with van der Waals surface area (Å²) in [6, 6.07) is 31.8. The van der Waals surface area contributed by atoms with Crippen molar-refractivity contribution in [2.45, 2.75) is 76.9 Å². The van der Waals surface area contributed by atoms with Crippen molar-refractivity contribution >= 4 is 27.5 Å². The lowest BCUT2D eigenvalue weighted by Crippen LogP contribution is -2.54. The van der Waals surface area contributed by atoms with E-state index in [0.29, 0.717) is 5.69 Å². The monoisotopic (exact) mass is 639 g/mol. The van der Waals surface area contributed by atoms with Crippen LogP contribution in [0.15, 0.2) is 114 Å². The Morgan fingerprint density at radius 2 is 1.39 bits per heavy atom. The minimum atomic E-state index is -4.14. The lowest BCUT2D eigenvalue weighted by Gasteiger charge is -2.34. The van der Waals surface area contributed by atoms with Crippen molar-refractivity contribution in [3.05, 3.63) is 131 Å². The molecule has 8 heteroatoms. The fourth-order valence-corrected chi connectivity index (χ4v) is 6.71. The maximum absolute atomic E-state index is 14.6. The second kappa shape index (κ2) is 15.7. The van der Waals surface area contributed by atoms with Crippen LogP contribution in [0.3, 0.4) is 0 Å².